The third-order valence-corrected chi connectivity index (χ3v) is 0. The van der Waals surface area contributed by atoms with Gasteiger partial charge in [0.1, 0.15) is 0 Å². The molecule has 0 N–H and O–H groups in total. The van der Waals surface area contributed by atoms with E-state index in [1.54, 1.807) is 0 Å². The predicted octanol–water partition coefficient (Wildman–Crippen LogP) is -5.77. The zero-order valence-electron chi connectivity index (χ0n) is 5.63. The second kappa shape index (κ2) is 29.2. The van der Waals surface area contributed by atoms with Crippen LogP contribution in [0.1, 0.15) is 2.85 Å². The van der Waals surface area contributed by atoms with Gasteiger partial charge in [-0.2, -0.15) is 0 Å². The van der Waals surface area contributed by atoms with Gasteiger partial charge in [-0.3, -0.25) is 0 Å². The van der Waals surface area contributed by atoms with Gasteiger partial charge in [-0.1, -0.05) is 0 Å². The summed E-state index contributed by atoms with van der Waals surface area (Å²) < 4.78 is 0. The topological polar surface area (TPSA) is 0 Å². The number of hydrogen-bond donors (Lipinski definition) is 0. The summed E-state index contributed by atoms with van der Waals surface area (Å²) in [4.78, 5) is 0. The largest absolute Gasteiger partial charge is 1.00 e. The average Bonchev–Trinajstić information content (AvgIpc) is 0. The maximum Gasteiger partial charge on any atom is 1.00 e. The van der Waals surface area contributed by atoms with Crippen molar-refractivity contribution in [2.45, 2.75) is 0 Å². The van der Waals surface area contributed by atoms with E-state index in [0.29, 0.717) is 0 Å². The Balaban J connectivity index is 0. The molecular formula is H2K2Sm4. The molecule has 0 atom stereocenters. The molecule has 0 spiro atoms. The van der Waals surface area contributed by atoms with Crippen molar-refractivity contribution in [1.29, 1.82) is 0 Å². The van der Waals surface area contributed by atoms with Gasteiger partial charge in [0.15, 0.2) is 0 Å². The predicted molar refractivity (Wildman–Crippen MR) is 2.22 cm³/mol. The van der Waals surface area contributed by atoms with E-state index in [1.807, 2.05) is 0 Å². The summed E-state index contributed by atoms with van der Waals surface area (Å²) in [5.41, 5.74) is 0. The third kappa shape index (κ3) is 22.9. The molecule has 0 rings (SSSR count). The van der Waals surface area contributed by atoms with Crippen LogP contribution in [0.5, 0.6) is 0 Å². The van der Waals surface area contributed by atoms with Crippen LogP contribution in [0, 0.1) is 162 Å². The minimum atomic E-state index is 0. The fourth-order valence-electron chi connectivity index (χ4n) is 0. The smallest absolute Gasteiger partial charge is 1.00 e. The van der Waals surface area contributed by atoms with Crippen LogP contribution in [0.25, 0.3) is 0 Å². The Morgan fingerprint density at radius 2 is 0.500 bits per heavy atom. The van der Waals surface area contributed by atoms with E-state index in [4.69, 9.17) is 0 Å². The first kappa shape index (κ1) is 36.5. The Morgan fingerprint density at radius 3 is 0.500 bits per heavy atom. The molecule has 6 heavy (non-hydrogen) atoms. The fourth-order valence-corrected chi connectivity index (χ4v) is 0. The SMILES string of the molecule is [H-].[H-].[K+].[K+].[Sm].[Sm].[Sm].[Sm]. The maximum absolute atomic E-state index is 0. The van der Waals surface area contributed by atoms with Crippen LogP contribution in [0.3, 0.4) is 0 Å². The Bertz CT molecular complexity index is 12.0. The summed E-state index contributed by atoms with van der Waals surface area (Å²) in [7, 11) is 0. The standard InChI is InChI=1S/2K.4Sm.2H/q2*+1;;;;;2*-1. The van der Waals surface area contributed by atoms with E-state index in [9.17, 15) is 0 Å². The second-order valence-electron chi connectivity index (χ2n) is 0. The molecule has 0 aliphatic carbocycles. The van der Waals surface area contributed by atoms with Crippen molar-refractivity contribution in [1.82, 2.24) is 0 Å². The first-order chi connectivity index (χ1) is 0. The Labute approximate surface area is 257 Å². The van der Waals surface area contributed by atoms with Crippen molar-refractivity contribution in [3.63, 3.8) is 0 Å². The van der Waals surface area contributed by atoms with Crippen LogP contribution < -0.4 is 103 Å². The molecule has 0 aliphatic rings. The van der Waals surface area contributed by atoms with E-state index < -0.39 is 0 Å². The summed E-state index contributed by atoms with van der Waals surface area (Å²) in [6.45, 7) is 0. The molecule has 0 unspecified atom stereocenters. The third-order valence-electron chi connectivity index (χ3n) is 0. The molecule has 0 aliphatic heterocycles. The molecule has 28 valence electrons. The maximum atomic E-state index is 0. The summed E-state index contributed by atoms with van der Waals surface area (Å²) in [5.74, 6) is 0. The first-order valence-corrected chi connectivity index (χ1v) is 0. The molecule has 0 saturated heterocycles. The van der Waals surface area contributed by atoms with Gasteiger partial charge in [-0.25, -0.2) is 0 Å². The minimum absolute atomic E-state index is 0. The molecule has 0 amide bonds. The first-order valence-electron chi connectivity index (χ1n) is 0. The Morgan fingerprint density at radius 1 is 0.500 bits per heavy atom. The molecule has 0 aromatic heterocycles. The van der Waals surface area contributed by atoms with Crippen LogP contribution in [0.15, 0.2) is 0 Å². The molecule has 0 saturated carbocycles. The van der Waals surface area contributed by atoms with Crippen molar-refractivity contribution in [2.24, 2.45) is 0 Å². The number of rotatable bonds is 0. The van der Waals surface area contributed by atoms with Crippen LogP contribution in [-0.4, -0.2) is 0 Å². The van der Waals surface area contributed by atoms with Gasteiger partial charge in [-0.15, -0.1) is 0 Å². The van der Waals surface area contributed by atoms with E-state index >= 15 is 0 Å². The monoisotopic (exact) mass is 688 g/mol. The van der Waals surface area contributed by atoms with Crippen LogP contribution in [-0.2, 0) is 0 Å². The van der Waals surface area contributed by atoms with E-state index in [1.165, 1.54) is 0 Å². The normalized spacial score (nSPS) is 0. The molecule has 6 heteroatoms. The van der Waals surface area contributed by atoms with Gasteiger partial charge >= 0.3 is 103 Å². The van der Waals surface area contributed by atoms with Crippen molar-refractivity contribution in [3.05, 3.63) is 0 Å². The molecule has 0 heterocycles. The zero-order chi connectivity index (χ0) is 0. The zero-order valence-corrected chi connectivity index (χ0v) is 20.4. The molecule has 0 radical (unpaired) electrons. The van der Waals surface area contributed by atoms with Gasteiger partial charge in [0.05, 0.1) is 0 Å². The van der Waals surface area contributed by atoms with Gasteiger partial charge < -0.3 is 2.85 Å². The van der Waals surface area contributed by atoms with Crippen molar-refractivity contribution in [3.8, 4) is 0 Å². The van der Waals surface area contributed by atoms with Crippen LogP contribution in [0.4, 0.5) is 0 Å². The average molecular weight is 682 g/mol. The van der Waals surface area contributed by atoms with E-state index in [-0.39, 0.29) is 267 Å². The molecular weight excluding hydrogens is 680 g/mol. The quantitative estimate of drug-likeness (QED) is 0.224. The minimum Gasteiger partial charge on any atom is -1.00 e. The van der Waals surface area contributed by atoms with Gasteiger partial charge in [0, 0.05) is 162 Å². The number of hydrogen-bond acceptors (Lipinski definition) is 0. The van der Waals surface area contributed by atoms with Gasteiger partial charge in [-0.05, 0) is 0 Å². The Kier molecular flexibility index (Phi) is 178. The summed E-state index contributed by atoms with van der Waals surface area (Å²) >= 11 is 0. The summed E-state index contributed by atoms with van der Waals surface area (Å²) in [6.07, 6.45) is 0. The molecule has 0 nitrogen and oxygen atoms in total. The molecule has 0 bridgehead atoms. The molecule has 0 aromatic carbocycles. The van der Waals surface area contributed by atoms with Crippen molar-refractivity contribution < 1.29 is 267 Å². The Hall–Kier alpha value is 8.62. The summed E-state index contributed by atoms with van der Waals surface area (Å²) in [5, 5.41) is 0. The molecule has 0 aromatic rings. The van der Waals surface area contributed by atoms with Crippen molar-refractivity contribution in [2.75, 3.05) is 0 Å². The van der Waals surface area contributed by atoms with Gasteiger partial charge in [0.25, 0.3) is 0 Å². The van der Waals surface area contributed by atoms with E-state index in [0.717, 1.165) is 0 Å². The van der Waals surface area contributed by atoms with E-state index in [2.05, 4.69) is 0 Å². The van der Waals surface area contributed by atoms with Crippen LogP contribution in [0.2, 0.25) is 0 Å². The fraction of sp³-hybridized carbons (Fsp3) is 0. The van der Waals surface area contributed by atoms with Crippen LogP contribution >= 0.6 is 0 Å². The van der Waals surface area contributed by atoms with Crippen molar-refractivity contribution >= 4 is 0 Å². The summed E-state index contributed by atoms with van der Waals surface area (Å²) in [6, 6.07) is 0. The molecule has 0 fully saturated rings. The second-order valence-corrected chi connectivity index (χ2v) is 0. The van der Waals surface area contributed by atoms with Gasteiger partial charge in [0.2, 0.25) is 0 Å².